The molecule has 0 fully saturated rings. The lowest BCUT2D eigenvalue weighted by molar-refractivity contribution is -0.139. The minimum absolute atomic E-state index is 0.0592. The van der Waals surface area contributed by atoms with E-state index in [2.05, 4.69) is 10.0 Å². The zero-order chi connectivity index (χ0) is 23.8. The summed E-state index contributed by atoms with van der Waals surface area (Å²) in [6.45, 7) is 0. The van der Waals surface area contributed by atoms with Crippen LogP contribution in [0.3, 0.4) is 0 Å². The van der Waals surface area contributed by atoms with E-state index in [1.807, 2.05) is 30.3 Å². The molecule has 1 atom stereocenters. The van der Waals surface area contributed by atoms with E-state index in [0.717, 1.165) is 11.1 Å². The van der Waals surface area contributed by atoms with Gasteiger partial charge in [-0.05, 0) is 53.9 Å². The Morgan fingerprint density at radius 3 is 2.09 bits per heavy atom. The minimum Gasteiger partial charge on any atom is -0.497 e. The second kappa shape index (κ2) is 10.8. The van der Waals surface area contributed by atoms with Crippen LogP contribution in [0.4, 0.5) is 5.69 Å². The molecule has 9 heteroatoms. The Kier molecular flexibility index (Phi) is 7.81. The summed E-state index contributed by atoms with van der Waals surface area (Å²) in [5, 5.41) is 12.1. The maximum Gasteiger partial charge on any atom is 0.321 e. The average molecular weight is 469 g/mol. The Morgan fingerprint density at radius 1 is 0.909 bits per heavy atom. The van der Waals surface area contributed by atoms with Crippen molar-refractivity contribution in [3.05, 3.63) is 78.9 Å². The first-order valence-electron chi connectivity index (χ1n) is 10.1. The van der Waals surface area contributed by atoms with Crippen molar-refractivity contribution in [3.8, 4) is 16.9 Å². The van der Waals surface area contributed by atoms with Crippen molar-refractivity contribution in [1.82, 2.24) is 4.72 Å². The second-order valence-electron chi connectivity index (χ2n) is 7.22. The van der Waals surface area contributed by atoms with E-state index in [0.29, 0.717) is 11.4 Å². The summed E-state index contributed by atoms with van der Waals surface area (Å²) >= 11 is 0. The maximum absolute atomic E-state index is 12.7. The number of hydrogen-bond donors (Lipinski definition) is 3. The summed E-state index contributed by atoms with van der Waals surface area (Å²) in [6, 6.07) is 20.8. The highest BCUT2D eigenvalue weighted by molar-refractivity contribution is 7.89. The van der Waals surface area contributed by atoms with Gasteiger partial charge in [-0.25, -0.2) is 8.42 Å². The first-order chi connectivity index (χ1) is 15.8. The molecule has 0 saturated heterocycles. The average Bonchev–Trinajstić information content (AvgIpc) is 2.82. The summed E-state index contributed by atoms with van der Waals surface area (Å²) in [7, 11) is -2.57. The number of methoxy groups -OCH3 is 1. The number of nitrogens with one attached hydrogen (secondary N) is 2. The van der Waals surface area contributed by atoms with Gasteiger partial charge in [0, 0.05) is 12.1 Å². The Morgan fingerprint density at radius 2 is 1.52 bits per heavy atom. The molecule has 8 nitrogen and oxygen atoms in total. The summed E-state index contributed by atoms with van der Waals surface area (Å²) in [4.78, 5) is 23.7. The van der Waals surface area contributed by atoms with E-state index < -0.39 is 27.9 Å². The molecular weight excluding hydrogens is 444 g/mol. The zero-order valence-corrected chi connectivity index (χ0v) is 18.7. The fraction of sp³-hybridized carbons (Fsp3) is 0.167. The number of anilines is 1. The van der Waals surface area contributed by atoms with Crippen molar-refractivity contribution in [3.63, 3.8) is 0 Å². The molecule has 3 aromatic rings. The van der Waals surface area contributed by atoms with Gasteiger partial charge in [0.1, 0.15) is 11.8 Å². The van der Waals surface area contributed by atoms with Gasteiger partial charge in [0.2, 0.25) is 15.9 Å². The van der Waals surface area contributed by atoms with Gasteiger partial charge < -0.3 is 15.2 Å². The van der Waals surface area contributed by atoms with Crippen molar-refractivity contribution >= 4 is 27.6 Å². The summed E-state index contributed by atoms with van der Waals surface area (Å²) < 4.78 is 32.6. The summed E-state index contributed by atoms with van der Waals surface area (Å²) in [6.07, 6.45) is -0.392. The molecule has 172 valence electrons. The molecule has 1 amide bonds. The van der Waals surface area contributed by atoms with Gasteiger partial charge in [-0.15, -0.1) is 0 Å². The quantitative estimate of drug-likeness (QED) is 0.419. The number of ether oxygens (including phenoxy) is 1. The number of carbonyl (C=O) groups is 2. The van der Waals surface area contributed by atoms with Crippen molar-refractivity contribution < 1.29 is 27.9 Å². The van der Waals surface area contributed by atoms with Crippen molar-refractivity contribution in [2.24, 2.45) is 0 Å². The van der Waals surface area contributed by atoms with Gasteiger partial charge in [-0.1, -0.05) is 42.5 Å². The summed E-state index contributed by atoms with van der Waals surface area (Å²) in [5.41, 5.74) is 2.28. The number of hydrogen-bond acceptors (Lipinski definition) is 5. The molecule has 0 unspecified atom stereocenters. The lowest BCUT2D eigenvalue weighted by atomic mass is 10.1. The molecule has 3 rings (SSSR count). The lowest BCUT2D eigenvalue weighted by Crippen LogP contribution is -2.41. The Labute approximate surface area is 192 Å². The monoisotopic (exact) mass is 468 g/mol. The van der Waals surface area contributed by atoms with E-state index >= 15 is 0 Å². The number of carboxylic acids is 1. The minimum atomic E-state index is -4.09. The largest absolute Gasteiger partial charge is 0.497 e. The van der Waals surface area contributed by atoms with Crippen molar-refractivity contribution in [1.29, 1.82) is 0 Å². The molecule has 0 spiro atoms. The SMILES string of the molecule is COc1ccc(NC(=O)CC[C@H](NS(=O)(=O)c2ccc(-c3ccccc3)cc2)C(=O)O)cc1. The van der Waals surface area contributed by atoms with E-state index in [1.165, 1.54) is 19.2 Å². The highest BCUT2D eigenvalue weighted by Gasteiger charge is 2.26. The normalized spacial score (nSPS) is 12.0. The van der Waals surface area contributed by atoms with E-state index in [4.69, 9.17) is 4.74 Å². The smallest absolute Gasteiger partial charge is 0.321 e. The molecule has 0 aromatic heterocycles. The highest BCUT2D eigenvalue weighted by Crippen LogP contribution is 2.21. The highest BCUT2D eigenvalue weighted by atomic mass is 32.2. The van der Waals surface area contributed by atoms with Gasteiger partial charge in [0.05, 0.1) is 12.0 Å². The molecule has 0 aliphatic heterocycles. The molecule has 0 aliphatic carbocycles. The van der Waals surface area contributed by atoms with Crippen LogP contribution in [0.5, 0.6) is 5.75 Å². The molecule has 0 heterocycles. The third-order valence-corrected chi connectivity index (χ3v) is 6.39. The van der Waals surface area contributed by atoms with Crippen LogP contribution in [-0.2, 0) is 19.6 Å². The first-order valence-corrected chi connectivity index (χ1v) is 11.6. The lowest BCUT2D eigenvalue weighted by Gasteiger charge is -2.15. The number of rotatable bonds is 10. The van der Waals surface area contributed by atoms with Crippen LogP contribution in [-0.4, -0.2) is 38.6 Å². The van der Waals surface area contributed by atoms with Crippen LogP contribution in [0.1, 0.15) is 12.8 Å². The van der Waals surface area contributed by atoms with Gasteiger partial charge in [0.25, 0.3) is 0 Å². The predicted molar refractivity (Wildman–Crippen MR) is 124 cm³/mol. The van der Waals surface area contributed by atoms with Crippen molar-refractivity contribution in [2.45, 2.75) is 23.8 Å². The molecule has 33 heavy (non-hydrogen) atoms. The Hall–Kier alpha value is -3.69. The molecule has 0 saturated carbocycles. The number of sulfonamides is 1. The number of carboxylic acid groups (broad SMARTS) is 1. The summed E-state index contributed by atoms with van der Waals surface area (Å²) in [5.74, 6) is -1.17. The van der Waals surface area contributed by atoms with Crippen LogP contribution >= 0.6 is 0 Å². The van der Waals surface area contributed by atoms with Gasteiger partial charge in [-0.3, -0.25) is 9.59 Å². The number of amides is 1. The molecule has 0 aliphatic rings. The van der Waals surface area contributed by atoms with Gasteiger partial charge in [0.15, 0.2) is 0 Å². The van der Waals surface area contributed by atoms with Crippen molar-refractivity contribution in [2.75, 3.05) is 12.4 Å². The van der Waals surface area contributed by atoms with Gasteiger partial charge >= 0.3 is 5.97 Å². The third-order valence-electron chi connectivity index (χ3n) is 4.90. The molecular formula is C24H24N2O6S. The Balaban J connectivity index is 1.62. The van der Waals surface area contributed by atoms with Crippen LogP contribution in [0.25, 0.3) is 11.1 Å². The van der Waals surface area contributed by atoms with E-state index in [9.17, 15) is 23.1 Å². The zero-order valence-electron chi connectivity index (χ0n) is 17.9. The molecule has 3 N–H and O–H groups in total. The van der Waals surface area contributed by atoms with Crippen LogP contribution in [0.15, 0.2) is 83.8 Å². The van der Waals surface area contributed by atoms with E-state index in [1.54, 1.807) is 36.4 Å². The number of carbonyl (C=O) groups excluding carboxylic acids is 1. The molecule has 0 radical (unpaired) electrons. The first kappa shape index (κ1) is 24.0. The number of aliphatic carboxylic acids is 1. The third kappa shape index (κ3) is 6.64. The second-order valence-corrected chi connectivity index (χ2v) is 8.93. The fourth-order valence-corrected chi connectivity index (χ4v) is 4.34. The van der Waals surface area contributed by atoms with Gasteiger partial charge in [-0.2, -0.15) is 4.72 Å². The van der Waals surface area contributed by atoms with Crippen LogP contribution in [0, 0.1) is 0 Å². The predicted octanol–water partition coefficient (Wildman–Crippen LogP) is 3.51. The number of benzene rings is 3. The maximum atomic E-state index is 12.7. The fourth-order valence-electron chi connectivity index (χ4n) is 3.12. The topological polar surface area (TPSA) is 122 Å². The standard InChI is InChI=1S/C24H24N2O6S/c1-32-20-11-9-19(10-12-20)25-23(27)16-15-22(24(28)29)26-33(30,31)21-13-7-18(8-14-21)17-5-3-2-4-6-17/h2-14,22,26H,15-16H2,1H3,(H,25,27)(H,28,29)/t22-/m0/s1. The Bertz CT molecular complexity index is 1190. The van der Waals surface area contributed by atoms with Crippen LogP contribution in [0.2, 0.25) is 0 Å². The van der Waals surface area contributed by atoms with Crippen LogP contribution < -0.4 is 14.8 Å². The molecule has 3 aromatic carbocycles. The van der Waals surface area contributed by atoms with E-state index in [-0.39, 0.29) is 17.7 Å². The molecule has 0 bridgehead atoms.